The van der Waals surface area contributed by atoms with E-state index < -0.39 is 6.17 Å². The van der Waals surface area contributed by atoms with Gasteiger partial charge in [-0.15, -0.1) is 0 Å². The van der Waals surface area contributed by atoms with Gasteiger partial charge in [0.25, 0.3) is 0 Å². The first-order chi connectivity index (χ1) is 7.27. The Hall–Kier alpha value is -0.150. The number of hydrogen-bond acceptors (Lipinski definition) is 2. The van der Waals surface area contributed by atoms with E-state index in [0.29, 0.717) is 6.42 Å². The summed E-state index contributed by atoms with van der Waals surface area (Å²) in [4.78, 5) is 0. The van der Waals surface area contributed by atoms with E-state index >= 15 is 0 Å². The van der Waals surface area contributed by atoms with Crippen molar-refractivity contribution in [1.29, 1.82) is 0 Å². The van der Waals surface area contributed by atoms with Gasteiger partial charge >= 0.3 is 0 Å². The van der Waals surface area contributed by atoms with E-state index in [-0.39, 0.29) is 18.3 Å². The molecule has 1 N–H and O–H groups in total. The fourth-order valence-corrected chi connectivity index (χ4v) is 2.67. The van der Waals surface area contributed by atoms with Crippen molar-refractivity contribution in [2.45, 2.75) is 75.9 Å². The zero-order chi connectivity index (χ0) is 10.7. The third kappa shape index (κ3) is 2.91. The summed E-state index contributed by atoms with van der Waals surface area (Å²) in [6, 6.07) is 0. The number of alkyl halides is 1. The van der Waals surface area contributed by atoms with Crippen molar-refractivity contribution >= 4 is 0 Å². The lowest BCUT2D eigenvalue weighted by Crippen LogP contribution is -2.40. The summed E-state index contributed by atoms with van der Waals surface area (Å²) < 4.78 is 19.3. The third-order valence-corrected chi connectivity index (χ3v) is 3.64. The fraction of sp³-hybridized carbons (Fsp3) is 1.00. The van der Waals surface area contributed by atoms with Crippen LogP contribution in [0.15, 0.2) is 0 Å². The molecule has 0 bridgehead atoms. The Labute approximate surface area is 90.8 Å². The lowest BCUT2D eigenvalue weighted by Gasteiger charge is -2.34. The van der Waals surface area contributed by atoms with Crippen molar-refractivity contribution in [3.05, 3.63) is 0 Å². The van der Waals surface area contributed by atoms with Gasteiger partial charge in [0.1, 0.15) is 6.17 Å². The standard InChI is InChI=1S/C12H21FO2/c13-9-5-1-3-7-11(9)15-12-8-4-2-6-10(12)14/h9-12,14H,1-8H2/t9-,10-,11+,12+/m1/s1. The van der Waals surface area contributed by atoms with Crippen molar-refractivity contribution in [2.75, 3.05) is 0 Å². The molecule has 0 spiro atoms. The molecule has 4 atom stereocenters. The minimum Gasteiger partial charge on any atom is -0.390 e. The molecule has 2 nitrogen and oxygen atoms in total. The maximum Gasteiger partial charge on any atom is 0.126 e. The summed E-state index contributed by atoms with van der Waals surface area (Å²) in [5.41, 5.74) is 0. The van der Waals surface area contributed by atoms with Crippen LogP contribution in [0.3, 0.4) is 0 Å². The summed E-state index contributed by atoms with van der Waals surface area (Å²) in [5.74, 6) is 0. The van der Waals surface area contributed by atoms with E-state index in [4.69, 9.17) is 4.74 Å². The second-order valence-corrected chi connectivity index (χ2v) is 4.87. The van der Waals surface area contributed by atoms with Crippen LogP contribution in [0.4, 0.5) is 4.39 Å². The van der Waals surface area contributed by atoms with Crippen LogP contribution in [0.1, 0.15) is 51.4 Å². The predicted octanol–water partition coefficient (Wildman–Crippen LogP) is 2.59. The predicted molar refractivity (Wildman–Crippen MR) is 56.5 cm³/mol. The molecule has 2 saturated carbocycles. The summed E-state index contributed by atoms with van der Waals surface area (Å²) in [7, 11) is 0. The normalized spacial score (nSPS) is 42.8. The molecule has 0 saturated heterocycles. The molecule has 0 heterocycles. The van der Waals surface area contributed by atoms with Gasteiger partial charge in [-0.05, 0) is 25.7 Å². The molecule has 3 heteroatoms. The average Bonchev–Trinajstić information content (AvgIpc) is 2.24. The highest BCUT2D eigenvalue weighted by Crippen LogP contribution is 2.29. The van der Waals surface area contributed by atoms with Crippen LogP contribution in [0.25, 0.3) is 0 Å². The van der Waals surface area contributed by atoms with Gasteiger partial charge in [-0.25, -0.2) is 4.39 Å². The van der Waals surface area contributed by atoms with Crippen molar-refractivity contribution < 1.29 is 14.2 Å². The highest BCUT2D eigenvalue weighted by Gasteiger charge is 2.31. The molecule has 2 fully saturated rings. The highest BCUT2D eigenvalue weighted by molar-refractivity contribution is 4.81. The van der Waals surface area contributed by atoms with Crippen LogP contribution in [0.2, 0.25) is 0 Å². The minimum absolute atomic E-state index is 0.111. The molecular weight excluding hydrogens is 195 g/mol. The smallest absolute Gasteiger partial charge is 0.126 e. The lowest BCUT2D eigenvalue weighted by molar-refractivity contribution is -0.124. The molecule has 0 aliphatic heterocycles. The molecule has 0 radical (unpaired) electrons. The van der Waals surface area contributed by atoms with E-state index in [1.807, 2.05) is 0 Å². The monoisotopic (exact) mass is 216 g/mol. The van der Waals surface area contributed by atoms with Gasteiger partial charge < -0.3 is 9.84 Å². The molecule has 0 aromatic rings. The second-order valence-electron chi connectivity index (χ2n) is 4.87. The Morgan fingerprint density at radius 3 is 2.13 bits per heavy atom. The SMILES string of the molecule is O[C@@H]1CCCC[C@@H]1O[C@H]1CCCC[C@H]1F. The lowest BCUT2D eigenvalue weighted by atomic mass is 9.92. The van der Waals surface area contributed by atoms with Crippen molar-refractivity contribution in [2.24, 2.45) is 0 Å². The summed E-state index contributed by atoms with van der Waals surface area (Å²) >= 11 is 0. The molecule has 0 aromatic heterocycles. The first-order valence-corrected chi connectivity index (χ1v) is 6.25. The number of halogens is 1. The zero-order valence-electron chi connectivity index (χ0n) is 9.20. The van der Waals surface area contributed by atoms with E-state index in [0.717, 1.165) is 44.9 Å². The molecule has 15 heavy (non-hydrogen) atoms. The number of hydrogen-bond donors (Lipinski definition) is 1. The molecule has 2 aliphatic carbocycles. The number of rotatable bonds is 2. The van der Waals surface area contributed by atoms with Gasteiger partial charge in [0.15, 0.2) is 0 Å². The summed E-state index contributed by atoms with van der Waals surface area (Å²) in [6.07, 6.45) is 5.84. The quantitative estimate of drug-likeness (QED) is 0.768. The van der Waals surface area contributed by atoms with Gasteiger partial charge in [-0.2, -0.15) is 0 Å². The highest BCUT2D eigenvalue weighted by atomic mass is 19.1. The fourth-order valence-electron chi connectivity index (χ4n) is 2.67. The molecule has 2 aliphatic rings. The molecule has 0 amide bonds. The van der Waals surface area contributed by atoms with Crippen LogP contribution in [-0.2, 0) is 4.74 Å². The van der Waals surface area contributed by atoms with Gasteiger partial charge in [-0.3, -0.25) is 0 Å². The van der Waals surface area contributed by atoms with E-state index in [1.165, 1.54) is 0 Å². The summed E-state index contributed by atoms with van der Waals surface area (Å²) in [5, 5.41) is 9.74. The van der Waals surface area contributed by atoms with Gasteiger partial charge in [-0.1, -0.05) is 25.7 Å². The molecule has 0 aromatic carbocycles. The Bertz CT molecular complexity index is 178. The first kappa shape index (κ1) is 11.3. The Balaban J connectivity index is 1.83. The largest absolute Gasteiger partial charge is 0.390 e. The van der Waals surface area contributed by atoms with Gasteiger partial charge in [0.2, 0.25) is 0 Å². The Kier molecular flexibility index (Phi) is 3.98. The third-order valence-electron chi connectivity index (χ3n) is 3.64. The van der Waals surface area contributed by atoms with E-state index in [1.54, 1.807) is 0 Å². The number of ether oxygens (including phenoxy) is 1. The van der Waals surface area contributed by atoms with Crippen LogP contribution < -0.4 is 0 Å². The molecule has 2 rings (SSSR count). The van der Waals surface area contributed by atoms with E-state index in [9.17, 15) is 9.50 Å². The number of aliphatic hydroxyl groups is 1. The zero-order valence-corrected chi connectivity index (χ0v) is 9.20. The van der Waals surface area contributed by atoms with Crippen LogP contribution in [-0.4, -0.2) is 29.6 Å². The topological polar surface area (TPSA) is 29.5 Å². The average molecular weight is 216 g/mol. The molecule has 0 unspecified atom stereocenters. The second kappa shape index (κ2) is 5.26. The molecule has 88 valence electrons. The van der Waals surface area contributed by atoms with Crippen molar-refractivity contribution in [3.63, 3.8) is 0 Å². The number of aliphatic hydroxyl groups excluding tert-OH is 1. The van der Waals surface area contributed by atoms with Crippen LogP contribution in [0, 0.1) is 0 Å². The van der Waals surface area contributed by atoms with Gasteiger partial charge in [0.05, 0.1) is 18.3 Å². The van der Waals surface area contributed by atoms with E-state index in [2.05, 4.69) is 0 Å². The van der Waals surface area contributed by atoms with Crippen LogP contribution in [0.5, 0.6) is 0 Å². The maximum atomic E-state index is 13.5. The summed E-state index contributed by atoms with van der Waals surface area (Å²) in [6.45, 7) is 0. The maximum absolute atomic E-state index is 13.5. The van der Waals surface area contributed by atoms with Gasteiger partial charge in [0, 0.05) is 0 Å². The minimum atomic E-state index is -0.812. The molecular formula is C12H21FO2. The Morgan fingerprint density at radius 2 is 1.47 bits per heavy atom. The first-order valence-electron chi connectivity index (χ1n) is 6.25. The van der Waals surface area contributed by atoms with Crippen LogP contribution >= 0.6 is 0 Å². The van der Waals surface area contributed by atoms with Crippen molar-refractivity contribution in [3.8, 4) is 0 Å². The van der Waals surface area contributed by atoms with Crippen molar-refractivity contribution in [1.82, 2.24) is 0 Å². The Morgan fingerprint density at radius 1 is 0.867 bits per heavy atom.